The maximum atomic E-state index is 15.1. The average molecular weight is 473 g/mol. The van der Waals surface area contributed by atoms with Gasteiger partial charge in [-0.1, -0.05) is 24.3 Å². The highest BCUT2D eigenvalue weighted by molar-refractivity contribution is 5.32. The molecule has 1 atom stereocenters. The lowest BCUT2D eigenvalue weighted by Gasteiger charge is -2.31. The van der Waals surface area contributed by atoms with Gasteiger partial charge in [0.05, 0.1) is 12.7 Å². The Morgan fingerprint density at radius 2 is 1.35 bits per heavy atom. The summed E-state index contributed by atoms with van der Waals surface area (Å²) in [7, 11) is 1.72. The number of halogens is 3. The van der Waals surface area contributed by atoms with Crippen molar-refractivity contribution < 1.29 is 22.6 Å². The molecular weight excluding hydrogens is 437 g/mol. The largest absolute Gasteiger partial charge is 0.381 e. The molecule has 2 nitrogen and oxygen atoms in total. The van der Waals surface area contributed by atoms with Gasteiger partial charge in [-0.2, -0.15) is 0 Å². The van der Waals surface area contributed by atoms with Gasteiger partial charge in [0.25, 0.3) is 0 Å². The maximum Gasteiger partial charge on any atom is 0.162 e. The predicted molar refractivity (Wildman–Crippen MR) is 126 cm³/mol. The van der Waals surface area contributed by atoms with E-state index in [1.165, 1.54) is 0 Å². The van der Waals surface area contributed by atoms with E-state index in [1.807, 2.05) is 24.3 Å². The summed E-state index contributed by atoms with van der Waals surface area (Å²) in [6.45, 7) is 0.613. The molecule has 3 aliphatic rings. The summed E-state index contributed by atoms with van der Waals surface area (Å²) in [6, 6.07) is 9.18. The zero-order valence-electron chi connectivity index (χ0n) is 20.0. The van der Waals surface area contributed by atoms with Crippen LogP contribution in [0, 0.1) is 23.4 Å². The molecule has 2 saturated carbocycles. The van der Waals surface area contributed by atoms with E-state index in [0.717, 1.165) is 69.8 Å². The normalized spacial score (nSPS) is 29.2. The zero-order chi connectivity index (χ0) is 23.7. The predicted octanol–water partition coefficient (Wildman–Crippen LogP) is 7.75. The summed E-state index contributed by atoms with van der Waals surface area (Å²) >= 11 is 0. The van der Waals surface area contributed by atoms with Crippen LogP contribution in [0.5, 0.6) is 0 Å². The average Bonchev–Trinajstić information content (AvgIpc) is 3.70. The fourth-order valence-corrected chi connectivity index (χ4v) is 6.17. The minimum Gasteiger partial charge on any atom is -0.381 e. The molecule has 2 aromatic rings. The standard InChI is InChI=1S/C29H35F3O2/c1-33-22-11-9-21(10-12-22)24-15-14-23(28(31)29(24)32)20-7-4-18(5-8-20)2-3-19-6-13-25(26(30)16-19)27-17-34-27/h6,13-16,18,20-22,27H,2-5,7-12,17H2,1H3. The van der Waals surface area contributed by atoms with Crippen molar-refractivity contribution in [3.63, 3.8) is 0 Å². The molecule has 2 aromatic carbocycles. The lowest BCUT2D eigenvalue weighted by molar-refractivity contribution is 0.0655. The van der Waals surface area contributed by atoms with Crippen molar-refractivity contribution in [2.75, 3.05) is 13.7 Å². The van der Waals surface area contributed by atoms with Crippen molar-refractivity contribution in [2.24, 2.45) is 5.92 Å². The van der Waals surface area contributed by atoms with E-state index in [1.54, 1.807) is 13.2 Å². The van der Waals surface area contributed by atoms with Crippen molar-refractivity contribution in [1.82, 2.24) is 0 Å². The third kappa shape index (κ3) is 5.21. The molecule has 2 aliphatic carbocycles. The van der Waals surface area contributed by atoms with Crippen molar-refractivity contribution in [3.05, 3.63) is 70.0 Å². The summed E-state index contributed by atoms with van der Waals surface area (Å²) in [5.41, 5.74) is 2.76. The van der Waals surface area contributed by atoms with E-state index < -0.39 is 11.6 Å². The Balaban J connectivity index is 1.15. The molecule has 1 aliphatic heterocycles. The van der Waals surface area contributed by atoms with Crippen LogP contribution in [-0.2, 0) is 15.9 Å². The number of epoxide rings is 1. The van der Waals surface area contributed by atoms with Crippen LogP contribution in [0.25, 0.3) is 0 Å². The quantitative estimate of drug-likeness (QED) is 0.384. The molecule has 0 spiro atoms. The van der Waals surface area contributed by atoms with Crippen LogP contribution in [0.15, 0.2) is 30.3 Å². The van der Waals surface area contributed by atoms with E-state index in [9.17, 15) is 4.39 Å². The number of rotatable bonds is 7. The second-order valence-electron chi connectivity index (χ2n) is 10.5. The number of aryl methyl sites for hydroxylation is 1. The third-order valence-electron chi connectivity index (χ3n) is 8.46. The van der Waals surface area contributed by atoms with Crippen LogP contribution in [0.3, 0.4) is 0 Å². The van der Waals surface area contributed by atoms with E-state index in [0.29, 0.717) is 29.2 Å². The van der Waals surface area contributed by atoms with E-state index in [4.69, 9.17) is 9.47 Å². The summed E-state index contributed by atoms with van der Waals surface area (Å²) in [5.74, 6) is -0.724. The Morgan fingerprint density at radius 3 is 1.88 bits per heavy atom. The Hall–Kier alpha value is -1.85. The van der Waals surface area contributed by atoms with Gasteiger partial charge in [0.2, 0.25) is 0 Å². The number of ether oxygens (including phenoxy) is 2. The second-order valence-corrected chi connectivity index (χ2v) is 10.5. The van der Waals surface area contributed by atoms with Gasteiger partial charge in [0, 0.05) is 12.7 Å². The molecule has 0 N–H and O–H groups in total. The fourth-order valence-electron chi connectivity index (χ4n) is 6.17. The molecule has 5 rings (SSSR count). The number of methoxy groups -OCH3 is 1. The van der Waals surface area contributed by atoms with E-state index in [2.05, 4.69) is 0 Å². The molecule has 0 radical (unpaired) electrons. The Labute approximate surface area is 200 Å². The molecule has 0 aromatic heterocycles. The number of hydrogen-bond donors (Lipinski definition) is 0. The third-order valence-corrected chi connectivity index (χ3v) is 8.46. The van der Waals surface area contributed by atoms with Crippen molar-refractivity contribution in [3.8, 4) is 0 Å². The number of benzene rings is 2. The molecule has 0 bridgehead atoms. The highest BCUT2D eigenvalue weighted by atomic mass is 19.2. The van der Waals surface area contributed by atoms with Crippen LogP contribution in [0.4, 0.5) is 13.2 Å². The zero-order valence-corrected chi connectivity index (χ0v) is 20.0. The lowest BCUT2D eigenvalue weighted by Crippen LogP contribution is -2.20. The molecule has 5 heteroatoms. The van der Waals surface area contributed by atoms with Crippen LogP contribution in [0.1, 0.15) is 98.0 Å². The fraction of sp³-hybridized carbons (Fsp3) is 0.586. The van der Waals surface area contributed by atoms with Crippen molar-refractivity contribution in [2.45, 2.75) is 88.3 Å². The molecule has 0 amide bonds. The molecule has 184 valence electrons. The molecule has 34 heavy (non-hydrogen) atoms. The van der Waals surface area contributed by atoms with Gasteiger partial charge < -0.3 is 9.47 Å². The molecule has 1 saturated heterocycles. The Bertz CT molecular complexity index is 987. The van der Waals surface area contributed by atoms with Gasteiger partial charge in [0.1, 0.15) is 11.9 Å². The molecule has 1 unspecified atom stereocenters. The summed E-state index contributed by atoms with van der Waals surface area (Å²) in [4.78, 5) is 0. The minimum atomic E-state index is -0.637. The Kier molecular flexibility index (Phi) is 7.31. The second kappa shape index (κ2) is 10.4. The van der Waals surface area contributed by atoms with Crippen LogP contribution in [-0.4, -0.2) is 19.8 Å². The van der Waals surface area contributed by atoms with Crippen molar-refractivity contribution in [1.29, 1.82) is 0 Å². The summed E-state index contributed by atoms with van der Waals surface area (Å²) in [6.07, 6.45) is 9.31. The summed E-state index contributed by atoms with van der Waals surface area (Å²) in [5, 5.41) is 0. The van der Waals surface area contributed by atoms with Gasteiger partial charge in [-0.05, 0) is 105 Å². The van der Waals surface area contributed by atoms with E-state index in [-0.39, 0.29) is 29.9 Å². The van der Waals surface area contributed by atoms with Gasteiger partial charge in [0.15, 0.2) is 11.6 Å². The van der Waals surface area contributed by atoms with Gasteiger partial charge in [-0.15, -0.1) is 0 Å². The molecular formula is C29H35F3O2. The first kappa shape index (κ1) is 23.9. The highest BCUT2D eigenvalue weighted by Gasteiger charge is 2.30. The Morgan fingerprint density at radius 1 is 0.794 bits per heavy atom. The van der Waals surface area contributed by atoms with Crippen LogP contribution in [0.2, 0.25) is 0 Å². The molecule has 3 fully saturated rings. The van der Waals surface area contributed by atoms with Gasteiger partial charge in [-0.25, -0.2) is 13.2 Å². The topological polar surface area (TPSA) is 21.8 Å². The van der Waals surface area contributed by atoms with Crippen molar-refractivity contribution >= 4 is 0 Å². The van der Waals surface area contributed by atoms with Crippen LogP contribution < -0.4 is 0 Å². The SMILES string of the molecule is COC1CCC(c2ccc(C3CCC(CCc4ccc(C5CO5)c(F)c4)CC3)c(F)c2F)CC1. The monoisotopic (exact) mass is 472 g/mol. The van der Waals surface area contributed by atoms with Gasteiger partial charge in [-0.3, -0.25) is 0 Å². The highest BCUT2D eigenvalue weighted by Crippen LogP contribution is 2.41. The first-order chi connectivity index (χ1) is 16.5. The molecule has 1 heterocycles. The first-order valence-electron chi connectivity index (χ1n) is 12.9. The number of hydrogen-bond acceptors (Lipinski definition) is 2. The van der Waals surface area contributed by atoms with Crippen LogP contribution >= 0.6 is 0 Å². The van der Waals surface area contributed by atoms with E-state index >= 15 is 8.78 Å². The minimum absolute atomic E-state index is 0.0608. The lowest BCUT2D eigenvalue weighted by atomic mass is 9.76. The smallest absolute Gasteiger partial charge is 0.162 e. The summed E-state index contributed by atoms with van der Waals surface area (Å²) < 4.78 is 55.0. The van der Waals surface area contributed by atoms with Gasteiger partial charge >= 0.3 is 0 Å². The maximum absolute atomic E-state index is 15.1. The first-order valence-corrected chi connectivity index (χ1v) is 12.9.